The molecule has 0 bridgehead atoms. The average Bonchev–Trinajstić information content (AvgIpc) is 2.73. The molecule has 2 aliphatic rings. The van der Waals surface area contributed by atoms with Crippen LogP contribution in [0.3, 0.4) is 0 Å². The first-order chi connectivity index (χ1) is 13.8. The molecule has 0 heterocycles. The van der Waals surface area contributed by atoms with E-state index in [-0.39, 0.29) is 11.7 Å². The summed E-state index contributed by atoms with van der Waals surface area (Å²) < 4.78 is 7.00. The topological polar surface area (TPSA) is 55.4 Å². The molecule has 0 aromatic rings. The molecule has 0 atom stereocenters. The van der Waals surface area contributed by atoms with Crippen molar-refractivity contribution in [2.45, 2.75) is 32.6 Å². The Kier molecular flexibility index (Phi) is 8.65. The minimum atomic E-state index is -0.0307. The highest BCUT2D eigenvalue weighted by atomic mass is 79.9. The first-order valence-electron chi connectivity index (χ1n) is 9.33. The van der Waals surface area contributed by atoms with E-state index in [9.17, 15) is 9.59 Å². The molecule has 2 aliphatic carbocycles. The number of ether oxygens (including phenoxy) is 1. The number of allylic oxidation sites excluding steroid dienone is 11. The van der Waals surface area contributed by atoms with Crippen LogP contribution < -0.4 is 5.32 Å². The molecule has 0 saturated carbocycles. The minimum absolute atomic E-state index is 0.0282. The van der Waals surface area contributed by atoms with Crippen molar-refractivity contribution in [2.75, 3.05) is 14.2 Å². The molecule has 0 aliphatic heterocycles. The predicted octanol–water partition coefficient (Wildman–Crippen LogP) is 5.70. The van der Waals surface area contributed by atoms with Crippen LogP contribution >= 0.6 is 31.9 Å². The van der Waals surface area contributed by atoms with Gasteiger partial charge in [-0.15, -0.1) is 0 Å². The van der Waals surface area contributed by atoms with E-state index >= 15 is 0 Å². The van der Waals surface area contributed by atoms with Crippen LogP contribution in [0.2, 0.25) is 0 Å². The van der Waals surface area contributed by atoms with E-state index in [0.717, 1.165) is 40.5 Å². The van der Waals surface area contributed by atoms with Gasteiger partial charge in [0.25, 0.3) is 0 Å². The molecule has 0 aromatic heterocycles. The molecule has 4 nitrogen and oxygen atoms in total. The van der Waals surface area contributed by atoms with Crippen LogP contribution in [0.4, 0.5) is 0 Å². The zero-order valence-electron chi connectivity index (χ0n) is 16.9. The number of carbonyl (C=O) groups excluding carboxylic acids is 2. The van der Waals surface area contributed by atoms with Gasteiger partial charge in [0, 0.05) is 22.7 Å². The van der Waals surface area contributed by atoms with Crippen molar-refractivity contribution in [3.8, 4) is 0 Å². The zero-order chi connectivity index (χ0) is 21.6. The van der Waals surface area contributed by atoms with Gasteiger partial charge in [-0.2, -0.15) is 0 Å². The third-order valence-electron chi connectivity index (χ3n) is 4.91. The summed E-state index contributed by atoms with van der Waals surface area (Å²) in [6.45, 7) is 5.55. The molecule has 6 heteroatoms. The Balaban J connectivity index is 2.24. The fourth-order valence-electron chi connectivity index (χ4n) is 3.33. The predicted molar refractivity (Wildman–Crippen MR) is 125 cm³/mol. The van der Waals surface area contributed by atoms with Crippen LogP contribution in [-0.2, 0) is 14.3 Å². The molecule has 0 saturated heterocycles. The van der Waals surface area contributed by atoms with Gasteiger partial charge in [-0.25, -0.2) is 0 Å². The number of amides is 1. The van der Waals surface area contributed by atoms with Crippen molar-refractivity contribution >= 4 is 43.6 Å². The van der Waals surface area contributed by atoms with Crippen LogP contribution in [-0.4, -0.2) is 25.8 Å². The monoisotopic (exact) mass is 521 g/mol. The normalized spacial score (nSPS) is 18.2. The molecule has 2 rings (SSSR count). The Morgan fingerprint density at radius 2 is 1.86 bits per heavy atom. The third kappa shape index (κ3) is 5.80. The van der Waals surface area contributed by atoms with Crippen molar-refractivity contribution in [1.82, 2.24) is 5.32 Å². The van der Waals surface area contributed by atoms with Crippen molar-refractivity contribution in [1.29, 1.82) is 0 Å². The smallest absolute Gasteiger partial charge is 0.246 e. The highest BCUT2D eigenvalue weighted by Gasteiger charge is 2.21. The Hall–Kier alpha value is -1.92. The molecule has 1 N–H and O–H groups in total. The maximum atomic E-state index is 12.7. The van der Waals surface area contributed by atoms with Crippen molar-refractivity contribution < 1.29 is 14.3 Å². The van der Waals surface area contributed by atoms with Gasteiger partial charge >= 0.3 is 0 Å². The number of likely N-dealkylation sites (N-methyl/N-ethyl adjacent to an activating group) is 1. The number of ketones is 1. The Morgan fingerprint density at radius 3 is 2.38 bits per heavy atom. The van der Waals surface area contributed by atoms with Gasteiger partial charge in [0.15, 0.2) is 5.78 Å². The Morgan fingerprint density at radius 1 is 1.17 bits per heavy atom. The number of hydrogen-bond donors (Lipinski definition) is 1. The number of methoxy groups -OCH3 is 1. The minimum Gasteiger partial charge on any atom is -0.495 e. The second kappa shape index (κ2) is 10.7. The highest BCUT2D eigenvalue weighted by molar-refractivity contribution is 9.12. The second-order valence-electron chi connectivity index (χ2n) is 6.74. The Bertz CT molecular complexity index is 914. The van der Waals surface area contributed by atoms with Crippen LogP contribution in [0.25, 0.3) is 0 Å². The van der Waals surface area contributed by atoms with E-state index in [1.807, 2.05) is 25.2 Å². The zero-order valence-corrected chi connectivity index (χ0v) is 20.1. The van der Waals surface area contributed by atoms with Gasteiger partial charge in [0.1, 0.15) is 5.76 Å². The largest absolute Gasteiger partial charge is 0.495 e. The van der Waals surface area contributed by atoms with E-state index in [2.05, 4.69) is 43.8 Å². The van der Waals surface area contributed by atoms with Crippen LogP contribution in [0, 0.1) is 0 Å². The van der Waals surface area contributed by atoms with E-state index < -0.39 is 0 Å². The van der Waals surface area contributed by atoms with Gasteiger partial charge in [-0.1, -0.05) is 40.7 Å². The highest BCUT2D eigenvalue weighted by Crippen LogP contribution is 2.36. The first-order valence-corrected chi connectivity index (χ1v) is 10.9. The molecule has 0 aromatic carbocycles. The number of rotatable bonds is 7. The van der Waals surface area contributed by atoms with E-state index in [1.54, 1.807) is 26.3 Å². The summed E-state index contributed by atoms with van der Waals surface area (Å²) in [5.41, 5.74) is 4.68. The number of hydrogen-bond acceptors (Lipinski definition) is 3. The molecule has 154 valence electrons. The molecule has 0 radical (unpaired) electrons. The summed E-state index contributed by atoms with van der Waals surface area (Å²) in [7, 11) is 3.21. The van der Waals surface area contributed by atoms with Crippen LogP contribution in [0.1, 0.15) is 32.6 Å². The molecule has 0 fully saturated rings. The SMILES string of the molecule is C=C/C(Br)=C(OC)\C(C)=C/C(=O)C1=CC(Br)=C(C2=CC=C(C(=O)NC)CC2)CC1. The fraction of sp³-hybridized carbons (Fsp3) is 0.304. The van der Waals surface area contributed by atoms with Crippen molar-refractivity contribution in [3.05, 3.63) is 79.5 Å². The van der Waals surface area contributed by atoms with Crippen molar-refractivity contribution in [3.63, 3.8) is 0 Å². The fourth-order valence-corrected chi connectivity index (χ4v) is 4.54. The lowest BCUT2D eigenvalue weighted by molar-refractivity contribution is -0.117. The summed E-state index contributed by atoms with van der Waals surface area (Å²) in [5.74, 6) is 0.530. The molecule has 29 heavy (non-hydrogen) atoms. The van der Waals surface area contributed by atoms with Gasteiger partial charge in [0.2, 0.25) is 5.91 Å². The molecule has 0 unspecified atom stereocenters. The van der Waals surface area contributed by atoms with E-state index in [4.69, 9.17) is 4.74 Å². The van der Waals surface area contributed by atoms with Gasteiger partial charge in [-0.05, 0) is 77.4 Å². The van der Waals surface area contributed by atoms with E-state index in [1.165, 1.54) is 11.1 Å². The quantitative estimate of drug-likeness (QED) is 0.265. The van der Waals surface area contributed by atoms with Gasteiger partial charge < -0.3 is 10.1 Å². The lowest BCUT2D eigenvalue weighted by Crippen LogP contribution is -2.21. The second-order valence-corrected chi connectivity index (χ2v) is 8.44. The summed E-state index contributed by atoms with van der Waals surface area (Å²) in [6, 6.07) is 0. The summed E-state index contributed by atoms with van der Waals surface area (Å²) >= 11 is 7.02. The average molecular weight is 523 g/mol. The van der Waals surface area contributed by atoms with Crippen LogP contribution in [0.5, 0.6) is 0 Å². The number of nitrogens with one attached hydrogen (secondary N) is 1. The van der Waals surface area contributed by atoms with Gasteiger partial charge in [-0.3, -0.25) is 9.59 Å². The lowest BCUT2D eigenvalue weighted by atomic mass is 9.86. The number of halogens is 2. The number of carbonyl (C=O) groups is 2. The van der Waals surface area contributed by atoms with E-state index in [0.29, 0.717) is 16.7 Å². The summed E-state index contributed by atoms with van der Waals surface area (Å²) in [6.07, 6.45) is 12.0. The maximum Gasteiger partial charge on any atom is 0.246 e. The van der Waals surface area contributed by atoms with Crippen molar-refractivity contribution in [2.24, 2.45) is 0 Å². The van der Waals surface area contributed by atoms with Crippen LogP contribution in [0.15, 0.2) is 79.5 Å². The molecular weight excluding hydrogens is 498 g/mol. The standard InChI is InChI=1S/C23H25Br2NO3/c1-5-19(24)22(29-4)14(2)12-21(27)17-10-11-18(20(25)13-17)15-6-8-16(9-7-15)23(28)26-3/h5-6,8,12-13H,1,7,9-11H2,2-4H3,(H,26,28)/b14-12-,22-19-. The molecular formula is C23H25Br2NO3. The summed E-state index contributed by atoms with van der Waals surface area (Å²) in [4.78, 5) is 24.5. The molecule has 0 spiro atoms. The van der Waals surface area contributed by atoms with Gasteiger partial charge in [0.05, 0.1) is 11.6 Å². The molecule has 1 amide bonds. The Labute approximate surface area is 189 Å². The first kappa shape index (κ1) is 23.4. The lowest BCUT2D eigenvalue weighted by Gasteiger charge is -2.21. The third-order valence-corrected chi connectivity index (χ3v) is 6.30. The summed E-state index contributed by atoms with van der Waals surface area (Å²) in [5, 5.41) is 2.66. The maximum absolute atomic E-state index is 12.7.